The first-order chi connectivity index (χ1) is 14.1. The van der Waals surface area contributed by atoms with Crippen LogP contribution in [0.1, 0.15) is 24.4 Å². The van der Waals surface area contributed by atoms with Gasteiger partial charge in [-0.3, -0.25) is 4.79 Å². The number of hydrogen-bond donors (Lipinski definition) is 1. The second-order valence-electron chi connectivity index (χ2n) is 7.50. The minimum Gasteiger partial charge on any atom is -0.382 e. The third-order valence-electron chi connectivity index (χ3n) is 5.52. The molecule has 0 bridgehead atoms. The summed E-state index contributed by atoms with van der Waals surface area (Å²) in [6.45, 7) is 5.68. The average molecular weight is 393 g/mol. The number of carbonyl (C=O) groups excluding carboxylic acids is 1. The molecule has 1 fully saturated rings. The Morgan fingerprint density at radius 1 is 1.24 bits per heavy atom. The molecule has 29 heavy (non-hydrogen) atoms. The van der Waals surface area contributed by atoms with Gasteiger partial charge in [0.05, 0.1) is 36.9 Å². The number of fused-ring (bicyclic) bond motifs is 5. The second-order valence-corrected chi connectivity index (χ2v) is 7.50. The molecule has 4 heterocycles. The van der Waals surface area contributed by atoms with Crippen LogP contribution in [0.5, 0.6) is 0 Å². The minimum atomic E-state index is -0.00462. The van der Waals surface area contributed by atoms with Crippen LogP contribution in [0.4, 0.5) is 5.82 Å². The quantitative estimate of drug-likeness (QED) is 0.670. The standard InChI is InChI=1S/C21H23N5O3/c1-13-11-29-12-17-24-19-20(26(13)17)15-4-2-14(10-16(15)23-21(19)22)3-5-18(27)25-6-8-28-9-7-25/h2-5,10,13H,6-9,11-12H2,1H3,(H2,22,23)/t13-/m0/s1. The molecule has 2 aromatic heterocycles. The van der Waals surface area contributed by atoms with Crippen molar-refractivity contribution < 1.29 is 14.3 Å². The molecular weight excluding hydrogens is 370 g/mol. The lowest BCUT2D eigenvalue weighted by atomic mass is 10.1. The van der Waals surface area contributed by atoms with Crippen LogP contribution < -0.4 is 5.73 Å². The topological polar surface area (TPSA) is 95.5 Å². The molecule has 1 atom stereocenters. The second kappa shape index (κ2) is 7.13. The third kappa shape index (κ3) is 3.14. The van der Waals surface area contributed by atoms with E-state index in [0.717, 1.165) is 33.3 Å². The van der Waals surface area contributed by atoms with Gasteiger partial charge in [-0.15, -0.1) is 0 Å². The molecule has 1 aromatic carbocycles. The zero-order valence-electron chi connectivity index (χ0n) is 16.3. The van der Waals surface area contributed by atoms with E-state index >= 15 is 0 Å². The molecular formula is C21H23N5O3. The normalized spacial score (nSPS) is 19.9. The maximum absolute atomic E-state index is 12.4. The molecule has 5 rings (SSSR count). The van der Waals surface area contributed by atoms with E-state index in [4.69, 9.17) is 15.2 Å². The minimum absolute atomic E-state index is 0.00462. The predicted octanol–water partition coefficient (Wildman–Crippen LogP) is 2.13. The van der Waals surface area contributed by atoms with Crippen molar-refractivity contribution in [2.45, 2.75) is 19.6 Å². The van der Waals surface area contributed by atoms with Gasteiger partial charge in [-0.05, 0) is 24.6 Å². The zero-order chi connectivity index (χ0) is 20.0. The van der Waals surface area contributed by atoms with Crippen molar-refractivity contribution in [3.8, 4) is 0 Å². The van der Waals surface area contributed by atoms with E-state index in [1.165, 1.54) is 0 Å². The number of pyridine rings is 1. The number of nitrogens with two attached hydrogens (primary N) is 1. The molecule has 3 aromatic rings. The van der Waals surface area contributed by atoms with E-state index in [0.29, 0.717) is 45.3 Å². The largest absolute Gasteiger partial charge is 0.382 e. The van der Waals surface area contributed by atoms with Gasteiger partial charge >= 0.3 is 0 Å². The first-order valence-electron chi connectivity index (χ1n) is 9.84. The van der Waals surface area contributed by atoms with Crippen LogP contribution in [0.3, 0.4) is 0 Å². The molecule has 0 saturated carbocycles. The number of rotatable bonds is 2. The maximum atomic E-state index is 12.4. The van der Waals surface area contributed by atoms with Crippen LogP contribution >= 0.6 is 0 Å². The molecule has 8 nitrogen and oxygen atoms in total. The highest BCUT2D eigenvalue weighted by Crippen LogP contribution is 2.33. The molecule has 1 amide bonds. The Labute approximate surface area is 167 Å². The molecule has 2 aliphatic heterocycles. The Bertz CT molecular complexity index is 1130. The van der Waals surface area contributed by atoms with Crippen LogP contribution in [-0.4, -0.2) is 58.3 Å². The summed E-state index contributed by atoms with van der Waals surface area (Å²) in [5.41, 5.74) is 9.64. The monoisotopic (exact) mass is 393 g/mol. The number of morpholine rings is 1. The Morgan fingerprint density at radius 3 is 2.90 bits per heavy atom. The van der Waals surface area contributed by atoms with Gasteiger partial charge in [-0.2, -0.15) is 0 Å². The van der Waals surface area contributed by atoms with Crippen molar-refractivity contribution in [2.24, 2.45) is 0 Å². The lowest BCUT2D eigenvalue weighted by Crippen LogP contribution is -2.39. The number of imidazole rings is 1. The summed E-state index contributed by atoms with van der Waals surface area (Å²) >= 11 is 0. The molecule has 8 heteroatoms. The molecule has 0 radical (unpaired) electrons. The summed E-state index contributed by atoms with van der Waals surface area (Å²) in [5.74, 6) is 1.28. The number of amides is 1. The number of aromatic nitrogens is 3. The van der Waals surface area contributed by atoms with E-state index in [9.17, 15) is 4.79 Å². The van der Waals surface area contributed by atoms with Gasteiger partial charge < -0.3 is 24.7 Å². The number of carbonyl (C=O) groups is 1. The van der Waals surface area contributed by atoms with E-state index in [2.05, 4.69) is 21.5 Å². The summed E-state index contributed by atoms with van der Waals surface area (Å²) in [4.78, 5) is 23.4. The maximum Gasteiger partial charge on any atom is 0.246 e. The highest BCUT2D eigenvalue weighted by atomic mass is 16.5. The van der Waals surface area contributed by atoms with Gasteiger partial charge in [0.25, 0.3) is 0 Å². The molecule has 150 valence electrons. The van der Waals surface area contributed by atoms with Gasteiger partial charge in [0.2, 0.25) is 5.91 Å². The van der Waals surface area contributed by atoms with Gasteiger partial charge in [0.15, 0.2) is 5.82 Å². The number of benzene rings is 1. The van der Waals surface area contributed by atoms with Crippen molar-refractivity contribution in [3.05, 3.63) is 35.7 Å². The van der Waals surface area contributed by atoms with E-state index < -0.39 is 0 Å². The van der Waals surface area contributed by atoms with Crippen molar-refractivity contribution in [1.82, 2.24) is 19.4 Å². The molecule has 2 aliphatic rings. The van der Waals surface area contributed by atoms with Crippen molar-refractivity contribution in [3.63, 3.8) is 0 Å². The molecule has 1 saturated heterocycles. The van der Waals surface area contributed by atoms with Gasteiger partial charge in [-0.25, -0.2) is 9.97 Å². The van der Waals surface area contributed by atoms with Gasteiger partial charge in [-0.1, -0.05) is 12.1 Å². The van der Waals surface area contributed by atoms with Gasteiger partial charge in [0.1, 0.15) is 17.9 Å². The molecule has 0 spiro atoms. The highest BCUT2D eigenvalue weighted by Gasteiger charge is 2.24. The molecule has 0 aliphatic carbocycles. The van der Waals surface area contributed by atoms with Crippen LogP contribution in [0.25, 0.3) is 28.0 Å². The summed E-state index contributed by atoms with van der Waals surface area (Å²) in [7, 11) is 0. The van der Waals surface area contributed by atoms with E-state index in [1.807, 2.05) is 24.3 Å². The number of nitrogens with zero attached hydrogens (tertiary/aromatic N) is 4. The third-order valence-corrected chi connectivity index (χ3v) is 5.52. The van der Waals surface area contributed by atoms with Crippen LogP contribution in [0.15, 0.2) is 24.3 Å². The number of anilines is 1. The molecule has 2 N–H and O–H groups in total. The van der Waals surface area contributed by atoms with E-state index in [1.54, 1.807) is 11.0 Å². The lowest BCUT2D eigenvalue weighted by molar-refractivity contribution is -0.129. The van der Waals surface area contributed by atoms with Crippen molar-refractivity contribution in [1.29, 1.82) is 0 Å². The highest BCUT2D eigenvalue weighted by molar-refractivity contribution is 6.07. The number of nitrogen functional groups attached to an aromatic ring is 1. The Kier molecular flexibility index (Phi) is 4.44. The van der Waals surface area contributed by atoms with Crippen molar-refractivity contribution in [2.75, 3.05) is 38.6 Å². The molecule has 0 unspecified atom stereocenters. The summed E-state index contributed by atoms with van der Waals surface area (Å²) in [5, 5.41) is 0.998. The van der Waals surface area contributed by atoms with Crippen LogP contribution in [0.2, 0.25) is 0 Å². The number of hydrogen-bond acceptors (Lipinski definition) is 6. The fraction of sp³-hybridized carbons (Fsp3) is 0.381. The smallest absolute Gasteiger partial charge is 0.246 e. The van der Waals surface area contributed by atoms with Crippen molar-refractivity contribution >= 4 is 39.7 Å². The Morgan fingerprint density at radius 2 is 2.07 bits per heavy atom. The van der Waals surface area contributed by atoms with Crippen LogP contribution in [-0.2, 0) is 20.9 Å². The first-order valence-corrected chi connectivity index (χ1v) is 9.84. The predicted molar refractivity (Wildman–Crippen MR) is 110 cm³/mol. The summed E-state index contributed by atoms with van der Waals surface area (Å²) in [6, 6.07) is 6.16. The van der Waals surface area contributed by atoms with Gasteiger partial charge in [0, 0.05) is 24.6 Å². The number of ether oxygens (including phenoxy) is 2. The zero-order valence-corrected chi connectivity index (χ0v) is 16.3. The summed E-state index contributed by atoms with van der Waals surface area (Å²) in [6.07, 6.45) is 3.43. The fourth-order valence-electron chi connectivity index (χ4n) is 4.07. The van der Waals surface area contributed by atoms with Crippen LogP contribution in [0, 0.1) is 0 Å². The SMILES string of the molecule is C[C@H]1COCc2nc3c(N)nc4cc(C=CC(=O)N5CCOCC5)ccc4c3n21. The average Bonchev–Trinajstić information content (AvgIpc) is 3.14. The van der Waals surface area contributed by atoms with E-state index in [-0.39, 0.29) is 11.9 Å². The Hall–Kier alpha value is -2.97. The first kappa shape index (κ1) is 18.1. The lowest BCUT2D eigenvalue weighted by Gasteiger charge is -2.25. The summed E-state index contributed by atoms with van der Waals surface area (Å²) < 4.78 is 13.1. The fourth-order valence-corrected chi connectivity index (χ4v) is 4.07. The Balaban J connectivity index is 1.54.